The van der Waals surface area contributed by atoms with Crippen LogP contribution in [-0.4, -0.2) is 44.0 Å². The van der Waals surface area contributed by atoms with E-state index in [1.54, 1.807) is 11.3 Å². The van der Waals surface area contributed by atoms with Crippen LogP contribution in [0.5, 0.6) is 0 Å². The number of amides is 3. The van der Waals surface area contributed by atoms with Gasteiger partial charge >= 0.3 is 6.03 Å². The number of hydrogen-bond acceptors (Lipinski definition) is 4. The predicted molar refractivity (Wildman–Crippen MR) is 101 cm³/mol. The molecule has 2 rings (SSSR count). The second-order valence-corrected chi connectivity index (χ2v) is 8.08. The highest BCUT2D eigenvalue weighted by molar-refractivity contribution is 7.07. The van der Waals surface area contributed by atoms with E-state index in [1.165, 1.54) is 12.0 Å². The zero-order valence-electron chi connectivity index (χ0n) is 15.2. The first-order valence-corrected chi connectivity index (χ1v) is 9.85. The Hall–Kier alpha value is -1.60. The van der Waals surface area contributed by atoms with Crippen molar-refractivity contribution in [3.05, 3.63) is 22.4 Å². The Labute approximate surface area is 154 Å². The molecule has 1 aliphatic rings. The number of thiophene rings is 1. The van der Waals surface area contributed by atoms with Gasteiger partial charge in [0.2, 0.25) is 5.91 Å². The van der Waals surface area contributed by atoms with Crippen LogP contribution in [-0.2, 0) is 4.79 Å². The topological polar surface area (TPSA) is 87.5 Å². The van der Waals surface area contributed by atoms with Crippen molar-refractivity contribution >= 4 is 23.3 Å². The van der Waals surface area contributed by atoms with Crippen LogP contribution in [0.2, 0.25) is 0 Å². The first-order valence-electron chi connectivity index (χ1n) is 8.90. The molecular formula is C18H30N4O2S. The summed E-state index contributed by atoms with van der Waals surface area (Å²) in [6.07, 6.45) is 5.63. The minimum Gasteiger partial charge on any atom is -0.370 e. The summed E-state index contributed by atoms with van der Waals surface area (Å²) in [7, 11) is 4.01. The summed E-state index contributed by atoms with van der Waals surface area (Å²) in [6.45, 7) is 1.05. The van der Waals surface area contributed by atoms with Crippen LogP contribution in [0.1, 0.15) is 50.1 Å². The summed E-state index contributed by atoms with van der Waals surface area (Å²) in [4.78, 5) is 25.8. The van der Waals surface area contributed by atoms with Gasteiger partial charge < -0.3 is 21.3 Å². The van der Waals surface area contributed by atoms with Crippen molar-refractivity contribution in [1.82, 2.24) is 15.5 Å². The maximum atomic E-state index is 12.3. The Bertz CT molecular complexity index is 553. The van der Waals surface area contributed by atoms with Crippen LogP contribution in [0.15, 0.2) is 16.8 Å². The minimum absolute atomic E-state index is 0.145. The lowest BCUT2D eigenvalue weighted by Crippen LogP contribution is -2.46. The van der Waals surface area contributed by atoms with Gasteiger partial charge in [-0.2, -0.15) is 11.3 Å². The molecule has 6 nitrogen and oxygen atoms in total. The van der Waals surface area contributed by atoms with Gasteiger partial charge in [0.15, 0.2) is 0 Å². The molecule has 0 aromatic carbocycles. The number of carbonyl (C=O) groups excluding carboxylic acids is 2. The van der Waals surface area contributed by atoms with Gasteiger partial charge in [0.05, 0.1) is 6.04 Å². The fourth-order valence-electron chi connectivity index (χ4n) is 3.67. The monoisotopic (exact) mass is 366 g/mol. The highest BCUT2D eigenvalue weighted by Gasteiger charge is 2.34. The molecule has 1 unspecified atom stereocenters. The number of nitrogens with two attached hydrogens (primary N) is 1. The van der Waals surface area contributed by atoms with Gasteiger partial charge in [-0.3, -0.25) is 4.79 Å². The number of urea groups is 1. The van der Waals surface area contributed by atoms with E-state index in [9.17, 15) is 9.59 Å². The van der Waals surface area contributed by atoms with E-state index in [0.717, 1.165) is 25.7 Å². The van der Waals surface area contributed by atoms with Crippen LogP contribution in [0, 0.1) is 5.41 Å². The Morgan fingerprint density at radius 1 is 1.28 bits per heavy atom. The van der Waals surface area contributed by atoms with E-state index >= 15 is 0 Å². The minimum atomic E-state index is -0.283. The number of nitrogens with zero attached hydrogens (tertiary/aromatic N) is 1. The van der Waals surface area contributed by atoms with Crippen molar-refractivity contribution in [1.29, 1.82) is 0 Å². The second-order valence-electron chi connectivity index (χ2n) is 7.30. The van der Waals surface area contributed by atoms with E-state index in [-0.39, 0.29) is 23.4 Å². The molecule has 1 aromatic rings. The molecule has 1 atom stereocenters. The highest BCUT2D eigenvalue weighted by Crippen LogP contribution is 2.38. The number of primary amides is 1. The average Bonchev–Trinajstić information content (AvgIpc) is 3.07. The zero-order chi connectivity index (χ0) is 18.3. The predicted octanol–water partition coefficient (Wildman–Crippen LogP) is 2.48. The summed E-state index contributed by atoms with van der Waals surface area (Å²) in [5.74, 6) is -0.283. The first-order chi connectivity index (χ1) is 11.9. The summed E-state index contributed by atoms with van der Waals surface area (Å²) in [5, 5.41) is 10.1. The van der Waals surface area contributed by atoms with Gasteiger partial charge in [-0.15, -0.1) is 0 Å². The van der Waals surface area contributed by atoms with Crippen molar-refractivity contribution in [3.63, 3.8) is 0 Å². The second kappa shape index (κ2) is 9.20. The third kappa shape index (κ3) is 6.01. The maximum absolute atomic E-state index is 12.3. The van der Waals surface area contributed by atoms with Crippen LogP contribution in [0.4, 0.5) is 4.79 Å². The van der Waals surface area contributed by atoms with Crippen LogP contribution < -0.4 is 16.4 Å². The highest BCUT2D eigenvalue weighted by atomic mass is 32.1. The van der Waals surface area contributed by atoms with Gasteiger partial charge in [-0.1, -0.05) is 19.3 Å². The zero-order valence-corrected chi connectivity index (χ0v) is 16.0. The molecule has 0 radical (unpaired) electrons. The van der Waals surface area contributed by atoms with Gasteiger partial charge in [-0.25, -0.2) is 4.79 Å². The molecule has 0 spiro atoms. The third-order valence-corrected chi connectivity index (χ3v) is 5.80. The average molecular weight is 367 g/mol. The van der Waals surface area contributed by atoms with E-state index in [2.05, 4.69) is 27.0 Å². The van der Waals surface area contributed by atoms with Crippen molar-refractivity contribution in [2.45, 2.75) is 44.6 Å². The lowest BCUT2D eigenvalue weighted by atomic mass is 9.71. The molecule has 1 saturated carbocycles. The molecule has 140 valence electrons. The molecule has 1 aromatic heterocycles. The Morgan fingerprint density at radius 2 is 2.00 bits per heavy atom. The van der Waals surface area contributed by atoms with Crippen LogP contribution in [0.25, 0.3) is 0 Å². The van der Waals surface area contributed by atoms with Crippen molar-refractivity contribution in [2.75, 3.05) is 27.2 Å². The molecule has 4 N–H and O–H groups in total. The Morgan fingerprint density at radius 3 is 2.56 bits per heavy atom. The molecule has 3 amide bonds. The number of likely N-dealkylation sites (N-methyl/N-ethyl adjacent to an activating group) is 1. The van der Waals surface area contributed by atoms with Gasteiger partial charge in [-0.05, 0) is 54.7 Å². The molecular weight excluding hydrogens is 336 g/mol. The van der Waals surface area contributed by atoms with Gasteiger partial charge in [0.1, 0.15) is 0 Å². The van der Waals surface area contributed by atoms with E-state index in [4.69, 9.17) is 5.73 Å². The number of carbonyl (C=O) groups is 2. The first kappa shape index (κ1) is 19.7. The molecule has 0 aliphatic heterocycles. The molecule has 0 saturated heterocycles. The van der Waals surface area contributed by atoms with E-state index < -0.39 is 0 Å². The van der Waals surface area contributed by atoms with Crippen molar-refractivity contribution in [2.24, 2.45) is 11.1 Å². The molecule has 25 heavy (non-hydrogen) atoms. The Balaban J connectivity index is 1.85. The number of nitrogens with one attached hydrogen (secondary N) is 2. The van der Waals surface area contributed by atoms with E-state index in [1.807, 2.05) is 19.5 Å². The van der Waals surface area contributed by atoms with Gasteiger partial charge in [0.25, 0.3) is 0 Å². The standard InChI is InChI=1S/C18H30N4O2S/c1-22(2)15(14-6-9-25-12-14)11-20-17(24)21-13-18(10-16(19)23)7-4-3-5-8-18/h6,9,12,15H,3-5,7-8,10-11,13H2,1-2H3,(H2,19,23)(H2,20,21,24). The lowest BCUT2D eigenvalue weighted by Gasteiger charge is -2.36. The third-order valence-electron chi connectivity index (χ3n) is 5.09. The quantitative estimate of drug-likeness (QED) is 0.660. The number of hydrogen-bond donors (Lipinski definition) is 3. The fourth-order valence-corrected chi connectivity index (χ4v) is 4.38. The molecule has 7 heteroatoms. The normalized spacial score (nSPS) is 17.9. The molecule has 1 heterocycles. The Kier molecular flexibility index (Phi) is 7.25. The summed E-state index contributed by atoms with van der Waals surface area (Å²) < 4.78 is 0. The largest absolute Gasteiger partial charge is 0.370 e. The molecule has 1 aliphatic carbocycles. The van der Waals surface area contributed by atoms with Crippen molar-refractivity contribution in [3.8, 4) is 0 Å². The number of rotatable bonds is 8. The van der Waals surface area contributed by atoms with Crippen LogP contribution in [0.3, 0.4) is 0 Å². The smallest absolute Gasteiger partial charge is 0.314 e. The summed E-state index contributed by atoms with van der Waals surface area (Å²) in [6, 6.07) is 2.04. The molecule has 0 bridgehead atoms. The fraction of sp³-hybridized carbons (Fsp3) is 0.667. The van der Waals surface area contributed by atoms with Crippen LogP contribution >= 0.6 is 11.3 Å². The summed E-state index contributed by atoms with van der Waals surface area (Å²) in [5.41, 5.74) is 6.46. The van der Waals surface area contributed by atoms with Gasteiger partial charge in [0, 0.05) is 19.5 Å². The summed E-state index contributed by atoms with van der Waals surface area (Å²) >= 11 is 1.65. The maximum Gasteiger partial charge on any atom is 0.314 e. The van der Waals surface area contributed by atoms with E-state index in [0.29, 0.717) is 19.5 Å². The van der Waals surface area contributed by atoms with Crippen molar-refractivity contribution < 1.29 is 9.59 Å². The molecule has 1 fully saturated rings. The SMILES string of the molecule is CN(C)C(CNC(=O)NCC1(CC(N)=O)CCCCC1)c1ccsc1. The lowest BCUT2D eigenvalue weighted by molar-refractivity contribution is -0.120.